The molecule has 0 saturated carbocycles. The van der Waals surface area contributed by atoms with Crippen molar-refractivity contribution in [3.63, 3.8) is 0 Å². The Morgan fingerprint density at radius 1 is 1.39 bits per heavy atom. The molecule has 0 atom stereocenters. The smallest absolute Gasteiger partial charge is 0.244 e. The lowest BCUT2D eigenvalue weighted by Gasteiger charge is -2.26. The molecule has 23 heavy (non-hydrogen) atoms. The Hall–Kier alpha value is -1.26. The minimum Gasteiger partial charge on any atom is -0.379 e. The van der Waals surface area contributed by atoms with E-state index in [1.807, 2.05) is 17.5 Å². The summed E-state index contributed by atoms with van der Waals surface area (Å²) in [4.78, 5) is 3.26. The third-order valence-corrected chi connectivity index (χ3v) is 6.00. The Balaban J connectivity index is 1.70. The molecule has 1 aliphatic rings. The van der Waals surface area contributed by atoms with Gasteiger partial charge in [-0.15, -0.1) is 11.3 Å². The highest BCUT2D eigenvalue weighted by Gasteiger charge is 2.23. The van der Waals surface area contributed by atoms with Crippen molar-refractivity contribution in [1.82, 2.24) is 19.4 Å². The molecule has 0 aliphatic carbocycles. The van der Waals surface area contributed by atoms with E-state index in [2.05, 4.69) is 14.7 Å². The van der Waals surface area contributed by atoms with E-state index < -0.39 is 10.0 Å². The molecule has 1 saturated heterocycles. The average Bonchev–Trinajstić information content (AvgIpc) is 3.17. The second kappa shape index (κ2) is 7.10. The van der Waals surface area contributed by atoms with E-state index in [4.69, 9.17) is 4.74 Å². The Morgan fingerprint density at radius 2 is 2.17 bits per heavy atom. The SMILES string of the molecule is Cn1cc(S(=O)(=O)NCCN2CCOCC2)c(-c2cccs2)n1. The molecule has 0 spiro atoms. The number of hydrogen-bond acceptors (Lipinski definition) is 6. The lowest BCUT2D eigenvalue weighted by molar-refractivity contribution is 0.0390. The van der Waals surface area contributed by atoms with Gasteiger partial charge in [-0.05, 0) is 11.4 Å². The van der Waals surface area contributed by atoms with Crippen LogP contribution in [0.15, 0.2) is 28.6 Å². The maximum Gasteiger partial charge on any atom is 0.244 e. The third kappa shape index (κ3) is 3.99. The highest BCUT2D eigenvalue weighted by atomic mass is 32.2. The third-order valence-electron chi connectivity index (χ3n) is 3.66. The summed E-state index contributed by atoms with van der Waals surface area (Å²) in [7, 11) is -1.86. The van der Waals surface area contributed by atoms with Gasteiger partial charge in [0.05, 0.1) is 18.1 Å². The number of nitrogens with zero attached hydrogens (tertiary/aromatic N) is 3. The molecule has 1 aliphatic heterocycles. The Labute approximate surface area is 139 Å². The lowest BCUT2D eigenvalue weighted by Crippen LogP contribution is -2.41. The first-order valence-electron chi connectivity index (χ1n) is 7.43. The van der Waals surface area contributed by atoms with E-state index in [0.29, 0.717) is 32.0 Å². The molecule has 126 valence electrons. The van der Waals surface area contributed by atoms with E-state index in [9.17, 15) is 8.42 Å². The summed E-state index contributed by atoms with van der Waals surface area (Å²) in [5.41, 5.74) is 0.501. The van der Waals surface area contributed by atoms with E-state index in [1.54, 1.807) is 13.2 Å². The van der Waals surface area contributed by atoms with Crippen LogP contribution in [0.3, 0.4) is 0 Å². The summed E-state index contributed by atoms with van der Waals surface area (Å²) < 4.78 is 34.7. The van der Waals surface area contributed by atoms with Crippen molar-refractivity contribution >= 4 is 21.4 Å². The summed E-state index contributed by atoms with van der Waals surface area (Å²) in [5.74, 6) is 0. The fourth-order valence-electron chi connectivity index (χ4n) is 2.49. The molecule has 1 N–H and O–H groups in total. The zero-order chi connectivity index (χ0) is 16.3. The topological polar surface area (TPSA) is 76.5 Å². The fourth-order valence-corrected chi connectivity index (χ4v) is 4.49. The Morgan fingerprint density at radius 3 is 2.87 bits per heavy atom. The maximum atomic E-state index is 12.6. The number of ether oxygens (including phenoxy) is 1. The van der Waals surface area contributed by atoms with E-state index in [0.717, 1.165) is 18.0 Å². The number of aryl methyl sites for hydroxylation is 1. The van der Waals surface area contributed by atoms with Crippen molar-refractivity contribution < 1.29 is 13.2 Å². The van der Waals surface area contributed by atoms with Crippen molar-refractivity contribution in [1.29, 1.82) is 0 Å². The van der Waals surface area contributed by atoms with Gasteiger partial charge in [-0.1, -0.05) is 6.07 Å². The molecule has 7 nitrogen and oxygen atoms in total. The van der Waals surface area contributed by atoms with Crippen LogP contribution < -0.4 is 4.72 Å². The number of rotatable bonds is 6. The highest BCUT2D eigenvalue weighted by Crippen LogP contribution is 2.29. The lowest BCUT2D eigenvalue weighted by atomic mass is 10.3. The van der Waals surface area contributed by atoms with Crippen LogP contribution in [-0.2, 0) is 21.8 Å². The largest absolute Gasteiger partial charge is 0.379 e. The van der Waals surface area contributed by atoms with Gasteiger partial charge in [0.15, 0.2) is 0 Å². The molecule has 0 unspecified atom stereocenters. The highest BCUT2D eigenvalue weighted by molar-refractivity contribution is 7.89. The number of aromatic nitrogens is 2. The van der Waals surface area contributed by atoms with Crippen LogP contribution in [0.2, 0.25) is 0 Å². The fraction of sp³-hybridized carbons (Fsp3) is 0.500. The average molecular weight is 356 g/mol. The molecule has 9 heteroatoms. The van der Waals surface area contributed by atoms with Crippen molar-refractivity contribution in [2.75, 3.05) is 39.4 Å². The van der Waals surface area contributed by atoms with Gasteiger partial charge in [-0.2, -0.15) is 5.10 Å². The number of morpholine rings is 1. The molecule has 0 aromatic carbocycles. The molecule has 1 fully saturated rings. The monoisotopic (exact) mass is 356 g/mol. The summed E-state index contributed by atoms with van der Waals surface area (Å²) in [6.45, 7) is 4.15. The first kappa shape index (κ1) is 16.6. The molecule has 0 amide bonds. The van der Waals surface area contributed by atoms with Crippen molar-refractivity contribution in [3.05, 3.63) is 23.7 Å². The molecule has 2 aromatic heterocycles. The minimum absolute atomic E-state index is 0.226. The zero-order valence-corrected chi connectivity index (χ0v) is 14.6. The van der Waals surface area contributed by atoms with Gasteiger partial charge >= 0.3 is 0 Å². The zero-order valence-electron chi connectivity index (χ0n) is 12.9. The van der Waals surface area contributed by atoms with Gasteiger partial charge in [-0.25, -0.2) is 13.1 Å². The van der Waals surface area contributed by atoms with E-state index >= 15 is 0 Å². The molecule has 2 aromatic rings. The number of nitrogens with one attached hydrogen (secondary N) is 1. The van der Waals surface area contributed by atoms with Crippen molar-refractivity contribution in [3.8, 4) is 10.6 Å². The molecule has 3 rings (SSSR count). The Bertz CT molecular complexity index is 734. The molecule has 3 heterocycles. The van der Waals surface area contributed by atoms with Crippen molar-refractivity contribution in [2.24, 2.45) is 7.05 Å². The summed E-state index contributed by atoms with van der Waals surface area (Å²) in [5, 5.41) is 6.21. The summed E-state index contributed by atoms with van der Waals surface area (Å²) in [6, 6.07) is 3.76. The summed E-state index contributed by atoms with van der Waals surface area (Å²) in [6.07, 6.45) is 1.55. The minimum atomic E-state index is -3.58. The van der Waals surface area contributed by atoms with E-state index in [-0.39, 0.29) is 4.90 Å². The molecular formula is C14H20N4O3S2. The predicted molar refractivity (Wildman–Crippen MR) is 89.0 cm³/mol. The van der Waals surface area contributed by atoms with Crippen LogP contribution in [0.4, 0.5) is 0 Å². The molecule has 0 bridgehead atoms. The number of sulfonamides is 1. The summed E-state index contributed by atoms with van der Waals surface area (Å²) >= 11 is 1.48. The van der Waals surface area contributed by atoms with Crippen LogP contribution in [0.1, 0.15) is 0 Å². The van der Waals surface area contributed by atoms with Gasteiger partial charge in [0.1, 0.15) is 10.6 Å². The van der Waals surface area contributed by atoms with Gasteiger partial charge in [0.2, 0.25) is 10.0 Å². The first-order chi connectivity index (χ1) is 11.1. The predicted octanol–water partition coefficient (Wildman–Crippen LogP) is 0.759. The van der Waals surface area contributed by atoms with Gasteiger partial charge in [0.25, 0.3) is 0 Å². The van der Waals surface area contributed by atoms with Gasteiger partial charge < -0.3 is 4.74 Å². The Kier molecular flexibility index (Phi) is 5.12. The standard InChI is InChI=1S/C14H20N4O3S2/c1-17-11-13(14(16-17)12-3-2-10-22-12)23(19,20)15-4-5-18-6-8-21-9-7-18/h2-3,10-11,15H,4-9H2,1H3. The van der Waals surface area contributed by atoms with Crippen molar-refractivity contribution in [2.45, 2.75) is 4.90 Å². The molecule has 0 radical (unpaired) electrons. The number of hydrogen-bond donors (Lipinski definition) is 1. The van der Waals surface area contributed by atoms with Gasteiger partial charge in [-0.3, -0.25) is 9.58 Å². The molecular weight excluding hydrogens is 336 g/mol. The van der Waals surface area contributed by atoms with Crippen LogP contribution in [0, 0.1) is 0 Å². The van der Waals surface area contributed by atoms with Crippen LogP contribution in [-0.4, -0.2) is 62.5 Å². The van der Waals surface area contributed by atoms with Crippen LogP contribution in [0.5, 0.6) is 0 Å². The van der Waals surface area contributed by atoms with Gasteiger partial charge in [0, 0.05) is 39.4 Å². The quantitative estimate of drug-likeness (QED) is 0.827. The number of thiophene rings is 1. The maximum absolute atomic E-state index is 12.6. The van der Waals surface area contributed by atoms with Crippen LogP contribution >= 0.6 is 11.3 Å². The normalized spacial score (nSPS) is 16.7. The second-order valence-electron chi connectivity index (χ2n) is 5.34. The van der Waals surface area contributed by atoms with E-state index in [1.165, 1.54) is 16.0 Å². The van der Waals surface area contributed by atoms with Crippen LogP contribution in [0.25, 0.3) is 10.6 Å². The second-order valence-corrected chi connectivity index (χ2v) is 8.03. The first-order valence-corrected chi connectivity index (χ1v) is 9.80.